The highest BCUT2D eigenvalue weighted by atomic mass is 16.2. The van der Waals surface area contributed by atoms with E-state index < -0.39 is 0 Å². The molecule has 1 rings (SSSR count). The van der Waals surface area contributed by atoms with Crippen LogP contribution >= 0.6 is 0 Å². The molecule has 0 aromatic carbocycles. The lowest BCUT2D eigenvalue weighted by Crippen LogP contribution is -2.42. The van der Waals surface area contributed by atoms with E-state index >= 15 is 0 Å². The van der Waals surface area contributed by atoms with Gasteiger partial charge in [-0.05, 0) is 31.7 Å². The minimum Gasteiger partial charge on any atom is -0.354 e. The Morgan fingerprint density at radius 3 is 2.88 bits per heavy atom. The van der Waals surface area contributed by atoms with Crippen LogP contribution in [0.5, 0.6) is 0 Å². The van der Waals surface area contributed by atoms with Crippen LogP contribution in [0.1, 0.15) is 52.4 Å². The maximum absolute atomic E-state index is 11.8. The van der Waals surface area contributed by atoms with Crippen LogP contribution < -0.4 is 10.6 Å². The average Bonchev–Trinajstić information content (AvgIpc) is 2.82. The second-order valence-corrected chi connectivity index (χ2v) is 4.81. The Kier molecular flexibility index (Phi) is 6.46. The highest BCUT2D eigenvalue weighted by Crippen LogP contribution is 2.11. The summed E-state index contributed by atoms with van der Waals surface area (Å²) in [6.07, 6.45) is 7.05. The van der Waals surface area contributed by atoms with Gasteiger partial charge in [0.05, 0.1) is 6.04 Å². The third kappa shape index (κ3) is 4.52. The molecule has 1 saturated heterocycles. The first-order chi connectivity index (χ1) is 7.77. The van der Waals surface area contributed by atoms with Crippen LogP contribution in [-0.2, 0) is 4.79 Å². The smallest absolute Gasteiger partial charge is 0.237 e. The number of nitrogens with one attached hydrogen (secondary N) is 2. The number of amides is 1. The van der Waals surface area contributed by atoms with Gasteiger partial charge in [-0.15, -0.1) is 0 Å². The predicted molar refractivity (Wildman–Crippen MR) is 67.3 cm³/mol. The SMILES string of the molecule is CCCCC(CC)CNC(=O)[C@H]1CCCN1. The molecule has 0 spiro atoms. The fourth-order valence-corrected chi connectivity index (χ4v) is 2.22. The highest BCUT2D eigenvalue weighted by Gasteiger charge is 2.21. The fourth-order valence-electron chi connectivity index (χ4n) is 2.22. The van der Waals surface area contributed by atoms with Crippen molar-refractivity contribution in [2.75, 3.05) is 13.1 Å². The summed E-state index contributed by atoms with van der Waals surface area (Å²) in [4.78, 5) is 11.8. The third-order valence-corrected chi connectivity index (χ3v) is 3.49. The van der Waals surface area contributed by atoms with Crippen molar-refractivity contribution in [1.29, 1.82) is 0 Å². The molecule has 3 heteroatoms. The van der Waals surface area contributed by atoms with E-state index in [2.05, 4.69) is 24.5 Å². The van der Waals surface area contributed by atoms with E-state index in [1.54, 1.807) is 0 Å². The molecular formula is C13H26N2O. The molecule has 2 atom stereocenters. The summed E-state index contributed by atoms with van der Waals surface area (Å²) in [6, 6.07) is 0.0729. The molecule has 0 aromatic heterocycles. The Bertz CT molecular complexity index is 200. The standard InChI is InChI=1S/C13H26N2O/c1-3-5-7-11(4-2)10-15-13(16)12-8-6-9-14-12/h11-12,14H,3-10H2,1-2H3,(H,15,16)/t11?,12-/m1/s1. The second kappa shape index (κ2) is 7.66. The van der Waals surface area contributed by atoms with Gasteiger partial charge in [0.15, 0.2) is 0 Å². The molecule has 3 nitrogen and oxygen atoms in total. The molecule has 1 amide bonds. The summed E-state index contributed by atoms with van der Waals surface area (Å²) in [6.45, 7) is 6.27. The molecule has 1 heterocycles. The molecule has 1 fully saturated rings. The van der Waals surface area contributed by atoms with E-state index in [0.717, 1.165) is 25.9 Å². The number of carbonyl (C=O) groups excluding carboxylic acids is 1. The summed E-state index contributed by atoms with van der Waals surface area (Å²) in [5.41, 5.74) is 0. The van der Waals surface area contributed by atoms with E-state index in [1.165, 1.54) is 25.7 Å². The van der Waals surface area contributed by atoms with Crippen LogP contribution in [0.25, 0.3) is 0 Å². The number of hydrogen-bond donors (Lipinski definition) is 2. The van der Waals surface area contributed by atoms with Gasteiger partial charge in [-0.25, -0.2) is 0 Å². The van der Waals surface area contributed by atoms with Crippen molar-refractivity contribution in [3.05, 3.63) is 0 Å². The van der Waals surface area contributed by atoms with Gasteiger partial charge in [0, 0.05) is 6.54 Å². The molecule has 94 valence electrons. The van der Waals surface area contributed by atoms with E-state index in [9.17, 15) is 4.79 Å². The van der Waals surface area contributed by atoms with Gasteiger partial charge < -0.3 is 10.6 Å². The van der Waals surface area contributed by atoms with Gasteiger partial charge >= 0.3 is 0 Å². The topological polar surface area (TPSA) is 41.1 Å². The summed E-state index contributed by atoms with van der Waals surface area (Å²) in [5.74, 6) is 0.859. The molecule has 0 saturated carbocycles. The molecule has 0 radical (unpaired) electrons. The molecule has 16 heavy (non-hydrogen) atoms. The quantitative estimate of drug-likeness (QED) is 0.698. The number of unbranched alkanes of at least 4 members (excludes halogenated alkanes) is 1. The van der Waals surface area contributed by atoms with Gasteiger partial charge in [-0.2, -0.15) is 0 Å². The van der Waals surface area contributed by atoms with Crippen molar-refractivity contribution in [3.8, 4) is 0 Å². The first-order valence-electron chi connectivity index (χ1n) is 6.79. The van der Waals surface area contributed by atoms with E-state index in [4.69, 9.17) is 0 Å². The Balaban J connectivity index is 2.17. The minimum absolute atomic E-state index is 0.0729. The lowest BCUT2D eigenvalue weighted by Gasteiger charge is -2.17. The summed E-state index contributed by atoms with van der Waals surface area (Å²) < 4.78 is 0. The molecule has 2 N–H and O–H groups in total. The Labute approximate surface area is 99.4 Å². The minimum atomic E-state index is 0.0729. The van der Waals surface area contributed by atoms with Crippen LogP contribution in [0.2, 0.25) is 0 Å². The molecular weight excluding hydrogens is 200 g/mol. The lowest BCUT2D eigenvalue weighted by atomic mass is 9.99. The molecule has 0 bridgehead atoms. The van der Waals surface area contributed by atoms with Gasteiger partial charge in [0.1, 0.15) is 0 Å². The number of hydrogen-bond acceptors (Lipinski definition) is 2. The van der Waals surface area contributed by atoms with Crippen molar-refractivity contribution in [2.24, 2.45) is 5.92 Å². The molecule has 1 aliphatic heterocycles. The van der Waals surface area contributed by atoms with Crippen LogP contribution in [0.15, 0.2) is 0 Å². The predicted octanol–water partition coefficient (Wildman–Crippen LogP) is 2.07. The van der Waals surface area contributed by atoms with Gasteiger partial charge in [-0.3, -0.25) is 4.79 Å². The number of carbonyl (C=O) groups is 1. The van der Waals surface area contributed by atoms with Crippen molar-refractivity contribution in [3.63, 3.8) is 0 Å². The zero-order valence-corrected chi connectivity index (χ0v) is 10.7. The Hall–Kier alpha value is -0.570. The fraction of sp³-hybridized carbons (Fsp3) is 0.923. The summed E-state index contributed by atoms with van der Waals surface area (Å²) in [7, 11) is 0. The van der Waals surface area contributed by atoms with E-state index in [-0.39, 0.29) is 11.9 Å². The zero-order valence-electron chi connectivity index (χ0n) is 10.7. The largest absolute Gasteiger partial charge is 0.354 e. The first kappa shape index (κ1) is 13.5. The van der Waals surface area contributed by atoms with Crippen molar-refractivity contribution in [1.82, 2.24) is 10.6 Å². The third-order valence-electron chi connectivity index (χ3n) is 3.49. The van der Waals surface area contributed by atoms with Crippen molar-refractivity contribution >= 4 is 5.91 Å². The molecule has 1 unspecified atom stereocenters. The van der Waals surface area contributed by atoms with Gasteiger partial charge in [0.25, 0.3) is 0 Å². The maximum Gasteiger partial charge on any atom is 0.237 e. The molecule has 0 aliphatic carbocycles. The monoisotopic (exact) mass is 226 g/mol. The Morgan fingerprint density at radius 2 is 2.31 bits per heavy atom. The van der Waals surface area contributed by atoms with Crippen LogP contribution in [0.3, 0.4) is 0 Å². The van der Waals surface area contributed by atoms with E-state index in [0.29, 0.717) is 5.92 Å². The zero-order chi connectivity index (χ0) is 11.8. The maximum atomic E-state index is 11.8. The van der Waals surface area contributed by atoms with Gasteiger partial charge in [-0.1, -0.05) is 33.1 Å². The van der Waals surface area contributed by atoms with E-state index in [1.807, 2.05) is 0 Å². The lowest BCUT2D eigenvalue weighted by molar-refractivity contribution is -0.123. The molecule has 1 aliphatic rings. The first-order valence-corrected chi connectivity index (χ1v) is 6.79. The normalized spacial score (nSPS) is 22.0. The van der Waals surface area contributed by atoms with Crippen LogP contribution in [-0.4, -0.2) is 25.0 Å². The van der Waals surface area contributed by atoms with Crippen molar-refractivity contribution in [2.45, 2.75) is 58.4 Å². The Morgan fingerprint density at radius 1 is 1.50 bits per heavy atom. The molecule has 0 aromatic rings. The van der Waals surface area contributed by atoms with Gasteiger partial charge in [0.2, 0.25) is 5.91 Å². The summed E-state index contributed by atoms with van der Waals surface area (Å²) >= 11 is 0. The van der Waals surface area contributed by atoms with Crippen LogP contribution in [0.4, 0.5) is 0 Å². The number of rotatable bonds is 7. The summed E-state index contributed by atoms with van der Waals surface area (Å²) in [5, 5.41) is 6.31. The van der Waals surface area contributed by atoms with Crippen molar-refractivity contribution < 1.29 is 4.79 Å². The van der Waals surface area contributed by atoms with Crippen LogP contribution in [0, 0.1) is 5.92 Å². The highest BCUT2D eigenvalue weighted by molar-refractivity contribution is 5.81. The average molecular weight is 226 g/mol. The second-order valence-electron chi connectivity index (χ2n) is 4.81.